The molecule has 4 heteroatoms. The van der Waals surface area contributed by atoms with Crippen molar-refractivity contribution < 1.29 is 4.92 Å². The minimum absolute atomic E-state index is 0.256. The third kappa shape index (κ3) is 3.14. The zero-order valence-electron chi connectivity index (χ0n) is 7.66. The van der Waals surface area contributed by atoms with Gasteiger partial charge in [-0.05, 0) is 18.4 Å². The van der Waals surface area contributed by atoms with Crippen LogP contribution in [0.5, 0.6) is 0 Å². The van der Waals surface area contributed by atoms with E-state index < -0.39 is 0 Å². The molecule has 0 fully saturated rings. The molecule has 0 amide bonds. The molecular weight excluding hydrogens is 186 g/mol. The minimum atomic E-state index is -0.325. The van der Waals surface area contributed by atoms with Crippen molar-refractivity contribution in [3.05, 3.63) is 27.1 Å². The van der Waals surface area contributed by atoms with E-state index >= 15 is 0 Å². The number of thiophene rings is 1. The summed E-state index contributed by atoms with van der Waals surface area (Å²) in [6.45, 7) is 2.15. The van der Waals surface area contributed by atoms with Crippen molar-refractivity contribution in [2.24, 2.45) is 0 Å². The second-order valence-electron chi connectivity index (χ2n) is 3.01. The van der Waals surface area contributed by atoms with Crippen LogP contribution >= 0.6 is 11.3 Å². The standard InChI is InChI=1S/C9H13NO2S/c1-2-3-4-5-8-6-9(10(11)12)13-7-8/h6-7H,2-5H2,1H3. The fraction of sp³-hybridized carbons (Fsp3) is 0.556. The highest BCUT2D eigenvalue weighted by molar-refractivity contribution is 7.13. The second kappa shape index (κ2) is 4.97. The first-order valence-corrected chi connectivity index (χ1v) is 5.33. The van der Waals surface area contributed by atoms with Crippen LogP contribution in [0.4, 0.5) is 5.00 Å². The number of nitro groups is 1. The van der Waals surface area contributed by atoms with Gasteiger partial charge in [-0.25, -0.2) is 0 Å². The predicted molar refractivity (Wildman–Crippen MR) is 54.2 cm³/mol. The van der Waals surface area contributed by atoms with Crippen molar-refractivity contribution in [2.75, 3.05) is 0 Å². The first kappa shape index (κ1) is 10.2. The van der Waals surface area contributed by atoms with Crippen LogP contribution in [0.2, 0.25) is 0 Å². The molecule has 0 atom stereocenters. The molecule has 0 saturated carbocycles. The number of rotatable bonds is 5. The highest BCUT2D eigenvalue weighted by Gasteiger charge is 2.08. The van der Waals surface area contributed by atoms with E-state index in [-0.39, 0.29) is 9.92 Å². The van der Waals surface area contributed by atoms with E-state index in [4.69, 9.17) is 0 Å². The monoisotopic (exact) mass is 199 g/mol. The lowest BCUT2D eigenvalue weighted by Crippen LogP contribution is -1.83. The summed E-state index contributed by atoms with van der Waals surface area (Å²) in [4.78, 5) is 10.0. The van der Waals surface area contributed by atoms with E-state index in [1.54, 1.807) is 6.07 Å². The zero-order valence-corrected chi connectivity index (χ0v) is 8.47. The van der Waals surface area contributed by atoms with Crippen molar-refractivity contribution in [1.82, 2.24) is 0 Å². The Morgan fingerprint density at radius 3 is 2.85 bits per heavy atom. The Labute approximate surface area is 81.5 Å². The summed E-state index contributed by atoms with van der Waals surface area (Å²) < 4.78 is 0. The molecule has 0 spiro atoms. The molecule has 1 rings (SSSR count). The molecule has 0 saturated heterocycles. The van der Waals surface area contributed by atoms with Crippen LogP contribution < -0.4 is 0 Å². The Morgan fingerprint density at radius 1 is 1.54 bits per heavy atom. The first-order valence-electron chi connectivity index (χ1n) is 4.46. The largest absolute Gasteiger partial charge is 0.324 e. The van der Waals surface area contributed by atoms with Crippen LogP contribution in [-0.4, -0.2) is 4.92 Å². The summed E-state index contributed by atoms with van der Waals surface area (Å²) in [5.74, 6) is 0. The molecule has 0 N–H and O–H groups in total. The molecule has 1 heterocycles. The smallest absolute Gasteiger partial charge is 0.258 e. The third-order valence-corrected chi connectivity index (χ3v) is 2.82. The molecule has 0 aliphatic carbocycles. The summed E-state index contributed by atoms with van der Waals surface area (Å²) in [6, 6.07) is 1.68. The van der Waals surface area contributed by atoms with Crippen LogP contribution in [0.3, 0.4) is 0 Å². The van der Waals surface area contributed by atoms with E-state index in [0.29, 0.717) is 0 Å². The van der Waals surface area contributed by atoms with E-state index in [9.17, 15) is 10.1 Å². The summed E-state index contributed by atoms with van der Waals surface area (Å²) in [6.07, 6.45) is 4.48. The molecule has 0 aliphatic heterocycles. The van der Waals surface area contributed by atoms with E-state index in [1.807, 2.05) is 5.38 Å². The van der Waals surface area contributed by atoms with Gasteiger partial charge in [0.2, 0.25) is 0 Å². The Bertz CT molecular complexity index is 283. The first-order chi connectivity index (χ1) is 6.24. The lowest BCUT2D eigenvalue weighted by Gasteiger charge is -1.93. The highest BCUT2D eigenvalue weighted by atomic mass is 32.1. The van der Waals surface area contributed by atoms with E-state index in [1.165, 1.54) is 24.2 Å². The molecule has 13 heavy (non-hydrogen) atoms. The molecule has 72 valence electrons. The maximum atomic E-state index is 10.4. The van der Waals surface area contributed by atoms with Crippen molar-refractivity contribution in [1.29, 1.82) is 0 Å². The molecule has 0 aliphatic rings. The van der Waals surface area contributed by atoms with Crippen LogP contribution in [0.25, 0.3) is 0 Å². The normalized spacial score (nSPS) is 10.2. The second-order valence-corrected chi connectivity index (χ2v) is 3.90. The maximum Gasteiger partial charge on any atom is 0.324 e. The van der Waals surface area contributed by atoms with Gasteiger partial charge in [-0.15, -0.1) is 0 Å². The number of unbranched alkanes of at least 4 members (excludes halogenated alkanes) is 2. The summed E-state index contributed by atoms with van der Waals surface area (Å²) in [7, 11) is 0. The fourth-order valence-electron chi connectivity index (χ4n) is 1.17. The topological polar surface area (TPSA) is 43.1 Å². The van der Waals surface area contributed by atoms with Crippen molar-refractivity contribution >= 4 is 16.3 Å². The Kier molecular flexibility index (Phi) is 3.89. The maximum absolute atomic E-state index is 10.4. The third-order valence-electron chi connectivity index (χ3n) is 1.89. The molecule has 0 aromatic carbocycles. The van der Waals surface area contributed by atoms with Gasteiger partial charge in [-0.3, -0.25) is 10.1 Å². The van der Waals surface area contributed by atoms with Crippen molar-refractivity contribution in [3.8, 4) is 0 Å². The Morgan fingerprint density at radius 2 is 2.31 bits per heavy atom. The zero-order chi connectivity index (χ0) is 9.68. The summed E-state index contributed by atoms with van der Waals surface area (Å²) >= 11 is 1.22. The molecule has 1 aromatic heterocycles. The average molecular weight is 199 g/mol. The summed E-state index contributed by atoms with van der Waals surface area (Å²) in [5.41, 5.74) is 1.10. The molecule has 0 bridgehead atoms. The number of aryl methyl sites for hydroxylation is 1. The lowest BCUT2D eigenvalue weighted by molar-refractivity contribution is -0.380. The Hall–Kier alpha value is -0.900. The van der Waals surface area contributed by atoms with Crippen molar-refractivity contribution in [2.45, 2.75) is 32.6 Å². The Balaban J connectivity index is 2.44. The van der Waals surface area contributed by atoms with Crippen molar-refractivity contribution in [3.63, 3.8) is 0 Å². The number of hydrogen-bond acceptors (Lipinski definition) is 3. The number of nitrogens with zero attached hydrogens (tertiary/aromatic N) is 1. The van der Waals surface area contributed by atoms with Gasteiger partial charge in [0, 0.05) is 11.4 Å². The van der Waals surface area contributed by atoms with Crippen LogP contribution in [0.1, 0.15) is 31.7 Å². The number of hydrogen-bond donors (Lipinski definition) is 0. The van der Waals surface area contributed by atoms with Gasteiger partial charge in [0.05, 0.1) is 4.92 Å². The molecule has 0 radical (unpaired) electrons. The molecule has 3 nitrogen and oxygen atoms in total. The van der Waals surface area contributed by atoms with Gasteiger partial charge >= 0.3 is 5.00 Å². The molecule has 1 aromatic rings. The van der Waals surface area contributed by atoms with Crippen LogP contribution in [-0.2, 0) is 6.42 Å². The van der Waals surface area contributed by atoms with Crippen LogP contribution in [0.15, 0.2) is 11.4 Å². The minimum Gasteiger partial charge on any atom is -0.258 e. The SMILES string of the molecule is CCCCCc1csc([N+](=O)[O-])c1. The van der Waals surface area contributed by atoms with Gasteiger partial charge in [-0.1, -0.05) is 31.1 Å². The van der Waals surface area contributed by atoms with E-state index in [0.717, 1.165) is 18.4 Å². The van der Waals surface area contributed by atoms with Crippen LogP contribution in [0, 0.1) is 10.1 Å². The highest BCUT2D eigenvalue weighted by Crippen LogP contribution is 2.23. The van der Waals surface area contributed by atoms with Gasteiger partial charge in [0.15, 0.2) is 0 Å². The van der Waals surface area contributed by atoms with Gasteiger partial charge in [0.25, 0.3) is 0 Å². The lowest BCUT2D eigenvalue weighted by atomic mass is 10.1. The van der Waals surface area contributed by atoms with Gasteiger partial charge < -0.3 is 0 Å². The average Bonchev–Trinajstić information content (AvgIpc) is 2.53. The van der Waals surface area contributed by atoms with E-state index in [2.05, 4.69) is 6.92 Å². The molecule has 0 unspecified atom stereocenters. The quantitative estimate of drug-likeness (QED) is 0.414. The van der Waals surface area contributed by atoms with Gasteiger partial charge in [-0.2, -0.15) is 0 Å². The summed E-state index contributed by atoms with van der Waals surface area (Å²) in [5, 5.41) is 12.5. The van der Waals surface area contributed by atoms with Gasteiger partial charge in [0.1, 0.15) is 0 Å². The fourth-order valence-corrected chi connectivity index (χ4v) is 1.93. The predicted octanol–water partition coefficient (Wildman–Crippen LogP) is 3.39. The molecular formula is C9H13NO2S.